The van der Waals surface area contributed by atoms with Crippen LogP contribution in [-0.4, -0.2) is 24.6 Å². The molecule has 0 spiro atoms. The predicted molar refractivity (Wildman–Crippen MR) is 80.3 cm³/mol. The monoisotopic (exact) mass is 316 g/mol. The lowest BCUT2D eigenvalue weighted by Gasteiger charge is -2.29. The average Bonchev–Trinajstić information content (AvgIpc) is 3.22. The number of carbonyl (C=O) groups excluding carboxylic acids is 1. The summed E-state index contributed by atoms with van der Waals surface area (Å²) < 4.78 is 5.40. The number of hydrogen-bond acceptors (Lipinski definition) is 3. The van der Waals surface area contributed by atoms with Gasteiger partial charge in [0.15, 0.2) is 6.61 Å². The lowest BCUT2D eigenvalue weighted by Crippen LogP contribution is -2.54. The Bertz CT molecular complexity index is 506. The summed E-state index contributed by atoms with van der Waals surface area (Å²) in [6, 6.07) is 4.88. The number of halogens is 2. The molecule has 0 aliphatic heterocycles. The highest BCUT2D eigenvalue weighted by Crippen LogP contribution is 2.38. The molecule has 0 heterocycles. The first-order chi connectivity index (χ1) is 9.44. The van der Waals surface area contributed by atoms with Gasteiger partial charge in [0.25, 0.3) is 5.91 Å². The van der Waals surface area contributed by atoms with Crippen molar-refractivity contribution in [1.29, 1.82) is 0 Å². The van der Waals surface area contributed by atoms with Crippen molar-refractivity contribution in [1.82, 2.24) is 5.32 Å². The van der Waals surface area contributed by atoms with E-state index in [0.29, 0.717) is 28.3 Å². The summed E-state index contributed by atoms with van der Waals surface area (Å²) in [4.78, 5) is 11.9. The lowest BCUT2D eigenvalue weighted by molar-refractivity contribution is -0.125. The quantitative estimate of drug-likeness (QED) is 0.848. The van der Waals surface area contributed by atoms with Crippen molar-refractivity contribution in [2.45, 2.75) is 25.3 Å². The van der Waals surface area contributed by atoms with Crippen LogP contribution in [0.3, 0.4) is 0 Å². The van der Waals surface area contributed by atoms with Gasteiger partial charge >= 0.3 is 0 Å². The van der Waals surface area contributed by atoms with Crippen molar-refractivity contribution in [2.24, 2.45) is 11.7 Å². The second-order valence-corrected chi connectivity index (χ2v) is 6.15. The normalized spacial score (nSPS) is 17.4. The standard InChI is InChI=1S/C14H18Cl2N2O2/c1-14(8-17,9-2-3-9)18-13(19)7-20-12-5-4-10(15)6-11(12)16/h4-6,9H,2-3,7-8,17H2,1H3,(H,18,19). The third kappa shape index (κ3) is 3.78. The van der Waals surface area contributed by atoms with Crippen LogP contribution >= 0.6 is 23.2 Å². The van der Waals surface area contributed by atoms with Crippen LogP contribution in [-0.2, 0) is 4.79 Å². The van der Waals surface area contributed by atoms with Gasteiger partial charge < -0.3 is 15.8 Å². The molecule has 110 valence electrons. The Balaban J connectivity index is 1.88. The van der Waals surface area contributed by atoms with Crippen LogP contribution in [0, 0.1) is 5.92 Å². The SMILES string of the molecule is CC(CN)(NC(=O)COc1ccc(Cl)cc1Cl)C1CC1. The summed E-state index contributed by atoms with van der Waals surface area (Å²) in [5.74, 6) is 0.707. The minimum absolute atomic E-state index is 0.0936. The van der Waals surface area contributed by atoms with E-state index >= 15 is 0 Å². The zero-order valence-electron chi connectivity index (χ0n) is 11.3. The van der Waals surface area contributed by atoms with Crippen LogP contribution in [0.2, 0.25) is 10.0 Å². The van der Waals surface area contributed by atoms with E-state index in [1.165, 1.54) is 0 Å². The van der Waals surface area contributed by atoms with Gasteiger partial charge in [0.05, 0.1) is 10.6 Å². The Hall–Kier alpha value is -0.970. The lowest BCUT2D eigenvalue weighted by atomic mass is 9.96. The van der Waals surface area contributed by atoms with E-state index in [4.69, 9.17) is 33.7 Å². The summed E-state index contributed by atoms with van der Waals surface area (Å²) in [6.45, 7) is 2.30. The van der Waals surface area contributed by atoms with E-state index in [1.54, 1.807) is 18.2 Å². The van der Waals surface area contributed by atoms with Crippen LogP contribution in [0.5, 0.6) is 5.75 Å². The van der Waals surface area contributed by atoms with Gasteiger partial charge in [-0.25, -0.2) is 0 Å². The molecule has 1 aromatic carbocycles. The molecule has 1 atom stereocenters. The second kappa shape index (κ2) is 6.20. The fourth-order valence-electron chi connectivity index (χ4n) is 2.13. The maximum atomic E-state index is 11.9. The largest absolute Gasteiger partial charge is 0.482 e. The fourth-order valence-corrected chi connectivity index (χ4v) is 2.59. The van der Waals surface area contributed by atoms with Gasteiger partial charge in [-0.2, -0.15) is 0 Å². The highest BCUT2D eigenvalue weighted by atomic mass is 35.5. The molecule has 1 unspecified atom stereocenters. The molecule has 1 aromatic rings. The van der Waals surface area contributed by atoms with Crippen molar-refractivity contribution in [3.05, 3.63) is 28.2 Å². The van der Waals surface area contributed by atoms with Gasteiger partial charge in [-0.1, -0.05) is 23.2 Å². The Morgan fingerprint density at radius 3 is 2.75 bits per heavy atom. The number of benzene rings is 1. The van der Waals surface area contributed by atoms with E-state index < -0.39 is 0 Å². The summed E-state index contributed by atoms with van der Waals surface area (Å²) in [5.41, 5.74) is 5.41. The molecule has 1 fully saturated rings. The van der Waals surface area contributed by atoms with Crippen molar-refractivity contribution in [3.8, 4) is 5.75 Å². The molecule has 1 amide bonds. The van der Waals surface area contributed by atoms with Gasteiger partial charge in [0.2, 0.25) is 0 Å². The number of amides is 1. The van der Waals surface area contributed by atoms with Crippen molar-refractivity contribution >= 4 is 29.1 Å². The van der Waals surface area contributed by atoms with Crippen LogP contribution in [0.1, 0.15) is 19.8 Å². The molecule has 0 saturated heterocycles. The van der Waals surface area contributed by atoms with E-state index in [-0.39, 0.29) is 18.1 Å². The van der Waals surface area contributed by atoms with Gasteiger partial charge in [0.1, 0.15) is 5.75 Å². The van der Waals surface area contributed by atoms with Crippen LogP contribution in [0.25, 0.3) is 0 Å². The van der Waals surface area contributed by atoms with E-state index in [1.807, 2.05) is 6.92 Å². The van der Waals surface area contributed by atoms with Crippen molar-refractivity contribution in [2.75, 3.05) is 13.2 Å². The first-order valence-corrected chi connectivity index (χ1v) is 7.29. The maximum absolute atomic E-state index is 11.9. The third-order valence-corrected chi connectivity index (χ3v) is 4.11. The number of nitrogens with two attached hydrogens (primary N) is 1. The first-order valence-electron chi connectivity index (χ1n) is 6.53. The van der Waals surface area contributed by atoms with Crippen LogP contribution < -0.4 is 15.8 Å². The number of rotatable bonds is 6. The smallest absolute Gasteiger partial charge is 0.258 e. The molecule has 0 radical (unpaired) electrons. The molecule has 20 heavy (non-hydrogen) atoms. The van der Waals surface area contributed by atoms with Gasteiger partial charge in [0, 0.05) is 11.6 Å². The van der Waals surface area contributed by atoms with Gasteiger partial charge in [-0.3, -0.25) is 4.79 Å². The van der Waals surface area contributed by atoms with E-state index in [0.717, 1.165) is 12.8 Å². The third-order valence-electron chi connectivity index (χ3n) is 3.58. The molecule has 4 nitrogen and oxygen atoms in total. The van der Waals surface area contributed by atoms with Crippen LogP contribution in [0.15, 0.2) is 18.2 Å². The maximum Gasteiger partial charge on any atom is 0.258 e. The Morgan fingerprint density at radius 1 is 1.50 bits per heavy atom. The first kappa shape index (κ1) is 15.4. The van der Waals surface area contributed by atoms with Gasteiger partial charge in [-0.15, -0.1) is 0 Å². The Labute approximate surface area is 128 Å². The highest BCUT2D eigenvalue weighted by molar-refractivity contribution is 6.35. The summed E-state index contributed by atoms with van der Waals surface area (Å²) in [7, 11) is 0. The number of nitrogens with one attached hydrogen (secondary N) is 1. The highest BCUT2D eigenvalue weighted by Gasteiger charge is 2.41. The number of hydrogen-bond donors (Lipinski definition) is 2. The minimum atomic E-state index is -0.343. The fraction of sp³-hybridized carbons (Fsp3) is 0.500. The molecule has 1 aliphatic carbocycles. The molecule has 6 heteroatoms. The average molecular weight is 317 g/mol. The predicted octanol–water partition coefficient (Wildman–Crippen LogP) is 2.62. The summed E-state index contributed by atoms with van der Waals surface area (Å²) >= 11 is 11.8. The molecule has 0 bridgehead atoms. The zero-order chi connectivity index (χ0) is 14.8. The van der Waals surface area contributed by atoms with Crippen molar-refractivity contribution in [3.63, 3.8) is 0 Å². The molecule has 1 saturated carbocycles. The minimum Gasteiger partial charge on any atom is -0.482 e. The van der Waals surface area contributed by atoms with E-state index in [9.17, 15) is 4.79 Å². The Morgan fingerprint density at radius 2 is 2.20 bits per heavy atom. The zero-order valence-corrected chi connectivity index (χ0v) is 12.8. The van der Waals surface area contributed by atoms with E-state index in [2.05, 4.69) is 5.32 Å². The molecule has 2 rings (SSSR count). The molecular weight excluding hydrogens is 299 g/mol. The summed E-state index contributed by atoms with van der Waals surface area (Å²) in [5, 5.41) is 3.86. The molecule has 1 aliphatic rings. The number of carbonyl (C=O) groups is 1. The molecular formula is C14H18Cl2N2O2. The van der Waals surface area contributed by atoms with Crippen LogP contribution in [0.4, 0.5) is 0 Å². The second-order valence-electron chi connectivity index (χ2n) is 5.31. The number of ether oxygens (including phenoxy) is 1. The van der Waals surface area contributed by atoms with Crippen molar-refractivity contribution < 1.29 is 9.53 Å². The topological polar surface area (TPSA) is 64.3 Å². The van der Waals surface area contributed by atoms with Gasteiger partial charge in [-0.05, 0) is 43.9 Å². The molecule has 0 aromatic heterocycles. The summed E-state index contributed by atoms with van der Waals surface area (Å²) in [6.07, 6.45) is 2.22. The Kier molecular flexibility index (Phi) is 4.78. The molecule has 3 N–H and O–H groups in total.